The summed E-state index contributed by atoms with van der Waals surface area (Å²) in [4.78, 5) is 33.3. The lowest BCUT2D eigenvalue weighted by Gasteiger charge is -2.09. The largest absolute Gasteiger partial charge is 0.350 e. The number of aromatic nitrogens is 4. The van der Waals surface area contributed by atoms with Crippen LogP contribution in [0.15, 0.2) is 29.3 Å². The summed E-state index contributed by atoms with van der Waals surface area (Å²) in [7, 11) is 1.67. The fraction of sp³-hybridized carbons (Fsp3) is 0.333. The monoisotopic (exact) mass is 339 g/mol. The molecule has 0 saturated carbocycles. The average molecular weight is 339 g/mol. The minimum Gasteiger partial charge on any atom is -0.350 e. The van der Waals surface area contributed by atoms with E-state index in [2.05, 4.69) is 15.3 Å². The van der Waals surface area contributed by atoms with E-state index in [0.29, 0.717) is 35.4 Å². The SMILES string of the molecule is Cc1ncn(CCNC(=O)c2ccc3nc(C)n(C)c(=O)c3c2)c1C. The Hall–Kier alpha value is -2.96. The van der Waals surface area contributed by atoms with Gasteiger partial charge in [0.05, 0.1) is 22.9 Å². The van der Waals surface area contributed by atoms with Crippen molar-refractivity contribution in [2.45, 2.75) is 27.3 Å². The molecule has 3 aromatic rings. The lowest BCUT2D eigenvalue weighted by Crippen LogP contribution is -2.28. The fourth-order valence-corrected chi connectivity index (χ4v) is 2.68. The Morgan fingerprint density at radius 3 is 2.68 bits per heavy atom. The second-order valence-corrected chi connectivity index (χ2v) is 6.12. The van der Waals surface area contributed by atoms with E-state index in [1.165, 1.54) is 4.57 Å². The molecule has 1 aromatic carbocycles. The second kappa shape index (κ2) is 6.51. The molecule has 0 aliphatic rings. The molecule has 0 saturated heterocycles. The van der Waals surface area contributed by atoms with Crippen molar-refractivity contribution in [3.63, 3.8) is 0 Å². The summed E-state index contributed by atoms with van der Waals surface area (Å²) in [5, 5.41) is 3.32. The Balaban J connectivity index is 1.76. The van der Waals surface area contributed by atoms with Gasteiger partial charge in [0.25, 0.3) is 11.5 Å². The predicted octanol–water partition coefficient (Wildman–Crippen LogP) is 1.49. The van der Waals surface area contributed by atoms with Crippen molar-refractivity contribution in [2.75, 3.05) is 6.54 Å². The van der Waals surface area contributed by atoms with Crippen LogP contribution in [0.2, 0.25) is 0 Å². The van der Waals surface area contributed by atoms with Gasteiger partial charge in [0.15, 0.2) is 0 Å². The molecule has 0 atom stereocenters. The molecule has 0 aliphatic heterocycles. The van der Waals surface area contributed by atoms with Gasteiger partial charge < -0.3 is 9.88 Å². The quantitative estimate of drug-likeness (QED) is 0.781. The lowest BCUT2D eigenvalue weighted by atomic mass is 10.1. The minimum absolute atomic E-state index is 0.151. The van der Waals surface area contributed by atoms with Crippen LogP contribution >= 0.6 is 0 Å². The minimum atomic E-state index is -0.209. The number of rotatable bonds is 4. The van der Waals surface area contributed by atoms with Crippen LogP contribution in [-0.2, 0) is 13.6 Å². The van der Waals surface area contributed by atoms with E-state index in [-0.39, 0.29) is 11.5 Å². The fourth-order valence-electron chi connectivity index (χ4n) is 2.68. The third-order valence-corrected chi connectivity index (χ3v) is 4.54. The number of hydrogen-bond acceptors (Lipinski definition) is 4. The molecule has 0 unspecified atom stereocenters. The number of nitrogens with zero attached hydrogens (tertiary/aromatic N) is 4. The topological polar surface area (TPSA) is 81.8 Å². The molecule has 0 fully saturated rings. The Morgan fingerprint density at radius 1 is 1.24 bits per heavy atom. The summed E-state index contributed by atoms with van der Waals surface area (Å²) in [6.07, 6.45) is 1.77. The van der Waals surface area contributed by atoms with Crippen molar-refractivity contribution in [2.24, 2.45) is 7.05 Å². The highest BCUT2D eigenvalue weighted by Gasteiger charge is 2.11. The van der Waals surface area contributed by atoms with E-state index in [0.717, 1.165) is 11.4 Å². The van der Waals surface area contributed by atoms with Crippen LogP contribution < -0.4 is 10.9 Å². The lowest BCUT2D eigenvalue weighted by molar-refractivity contribution is 0.0952. The molecule has 1 amide bonds. The molecule has 7 heteroatoms. The Morgan fingerprint density at radius 2 is 2.00 bits per heavy atom. The van der Waals surface area contributed by atoms with Gasteiger partial charge in [-0.25, -0.2) is 9.97 Å². The summed E-state index contributed by atoms with van der Waals surface area (Å²) in [5.41, 5.74) is 2.97. The summed E-state index contributed by atoms with van der Waals surface area (Å²) in [6.45, 7) is 6.86. The number of hydrogen-bond donors (Lipinski definition) is 1. The number of imidazole rings is 1. The second-order valence-electron chi connectivity index (χ2n) is 6.12. The van der Waals surface area contributed by atoms with Crippen molar-refractivity contribution >= 4 is 16.8 Å². The van der Waals surface area contributed by atoms with E-state index in [1.807, 2.05) is 18.4 Å². The first kappa shape index (κ1) is 16.9. The molecule has 7 nitrogen and oxygen atoms in total. The molecular formula is C18H21N5O2. The number of amides is 1. The number of aryl methyl sites for hydroxylation is 2. The van der Waals surface area contributed by atoms with Crippen LogP contribution in [0.1, 0.15) is 27.6 Å². The van der Waals surface area contributed by atoms with E-state index in [1.54, 1.807) is 38.5 Å². The standard InChI is InChI=1S/C18H21N5O2/c1-11-12(2)23(10-20-11)8-7-19-17(24)14-5-6-16-15(9-14)18(25)22(4)13(3)21-16/h5-6,9-10H,7-8H2,1-4H3,(H,19,24). The van der Waals surface area contributed by atoms with Gasteiger partial charge in [-0.15, -0.1) is 0 Å². The van der Waals surface area contributed by atoms with Crippen molar-refractivity contribution in [1.29, 1.82) is 0 Å². The maximum absolute atomic E-state index is 12.4. The number of benzene rings is 1. The number of fused-ring (bicyclic) bond motifs is 1. The van der Waals surface area contributed by atoms with Gasteiger partial charge in [-0.1, -0.05) is 0 Å². The van der Waals surface area contributed by atoms with Crippen LogP contribution in [-0.4, -0.2) is 31.6 Å². The Labute approximate surface area is 145 Å². The third kappa shape index (κ3) is 3.17. The summed E-state index contributed by atoms with van der Waals surface area (Å²) >= 11 is 0. The zero-order chi connectivity index (χ0) is 18.1. The summed E-state index contributed by atoms with van der Waals surface area (Å²) in [6, 6.07) is 5.00. The van der Waals surface area contributed by atoms with Crippen LogP contribution in [0.25, 0.3) is 10.9 Å². The van der Waals surface area contributed by atoms with Crippen LogP contribution in [0, 0.1) is 20.8 Å². The van der Waals surface area contributed by atoms with Gasteiger partial charge in [0.1, 0.15) is 5.82 Å². The van der Waals surface area contributed by atoms with Crippen molar-refractivity contribution in [1.82, 2.24) is 24.4 Å². The normalized spacial score (nSPS) is 11.0. The van der Waals surface area contributed by atoms with Crippen LogP contribution in [0.3, 0.4) is 0 Å². The molecule has 1 N–H and O–H groups in total. The van der Waals surface area contributed by atoms with Crippen molar-refractivity contribution in [3.05, 3.63) is 57.7 Å². The molecule has 130 valence electrons. The molecule has 0 spiro atoms. The van der Waals surface area contributed by atoms with Crippen molar-refractivity contribution in [3.8, 4) is 0 Å². The maximum Gasteiger partial charge on any atom is 0.261 e. The smallest absolute Gasteiger partial charge is 0.261 e. The van der Waals surface area contributed by atoms with E-state index in [9.17, 15) is 9.59 Å². The summed E-state index contributed by atoms with van der Waals surface area (Å²) < 4.78 is 3.48. The van der Waals surface area contributed by atoms with Gasteiger partial charge in [0, 0.05) is 31.4 Å². The average Bonchev–Trinajstić information content (AvgIpc) is 2.91. The first-order valence-electron chi connectivity index (χ1n) is 8.12. The van der Waals surface area contributed by atoms with E-state index < -0.39 is 0 Å². The van der Waals surface area contributed by atoms with Gasteiger partial charge >= 0.3 is 0 Å². The molecule has 2 heterocycles. The molecule has 2 aromatic heterocycles. The summed E-state index contributed by atoms with van der Waals surface area (Å²) in [5.74, 6) is 0.430. The number of carbonyl (C=O) groups excluding carboxylic acids is 1. The van der Waals surface area contributed by atoms with E-state index >= 15 is 0 Å². The van der Waals surface area contributed by atoms with Gasteiger partial charge in [-0.3, -0.25) is 14.2 Å². The first-order valence-corrected chi connectivity index (χ1v) is 8.12. The first-order chi connectivity index (χ1) is 11.9. The van der Waals surface area contributed by atoms with Gasteiger partial charge in [-0.2, -0.15) is 0 Å². The highest BCUT2D eigenvalue weighted by Crippen LogP contribution is 2.11. The van der Waals surface area contributed by atoms with Gasteiger partial charge in [-0.05, 0) is 39.0 Å². The molecular weight excluding hydrogens is 318 g/mol. The molecule has 3 rings (SSSR count). The van der Waals surface area contributed by atoms with E-state index in [4.69, 9.17) is 0 Å². The highest BCUT2D eigenvalue weighted by molar-refractivity contribution is 5.97. The molecule has 0 aliphatic carbocycles. The zero-order valence-electron chi connectivity index (χ0n) is 14.8. The molecule has 0 radical (unpaired) electrons. The molecule has 25 heavy (non-hydrogen) atoms. The Bertz CT molecular complexity index is 1020. The van der Waals surface area contributed by atoms with Crippen LogP contribution in [0.4, 0.5) is 0 Å². The third-order valence-electron chi connectivity index (χ3n) is 4.54. The zero-order valence-corrected chi connectivity index (χ0v) is 14.8. The number of nitrogens with one attached hydrogen (secondary N) is 1. The van der Waals surface area contributed by atoms with Crippen LogP contribution in [0.5, 0.6) is 0 Å². The van der Waals surface area contributed by atoms with Crippen molar-refractivity contribution < 1.29 is 4.79 Å². The Kier molecular flexibility index (Phi) is 4.39. The molecule has 0 bridgehead atoms. The highest BCUT2D eigenvalue weighted by atomic mass is 16.1. The predicted molar refractivity (Wildman–Crippen MR) is 95.8 cm³/mol. The number of carbonyl (C=O) groups is 1. The maximum atomic E-state index is 12.4. The van der Waals surface area contributed by atoms with Gasteiger partial charge in [0.2, 0.25) is 0 Å².